The monoisotopic (exact) mass is 393 g/mol. The number of aliphatic imine (C=N–C) groups is 1. The molecule has 0 radical (unpaired) electrons. The summed E-state index contributed by atoms with van der Waals surface area (Å²) in [4.78, 5) is 15.4. The van der Waals surface area contributed by atoms with E-state index in [4.69, 9.17) is 16.5 Å². The van der Waals surface area contributed by atoms with Crippen molar-refractivity contribution in [2.24, 2.45) is 16.8 Å². The van der Waals surface area contributed by atoms with Gasteiger partial charge in [0.05, 0.1) is 17.3 Å². The molecule has 0 aromatic carbocycles. The number of terminal acetylenes is 1. The van der Waals surface area contributed by atoms with Crippen molar-refractivity contribution in [2.75, 3.05) is 5.75 Å². The number of aliphatic carboxylic acids is 1. The van der Waals surface area contributed by atoms with E-state index in [9.17, 15) is 15.0 Å². The number of thioether (sulfide) groups is 1. The minimum absolute atomic E-state index is 0.0403. The molecule has 0 saturated heterocycles. The highest BCUT2D eigenvalue weighted by Crippen LogP contribution is 2.50. The highest BCUT2D eigenvalue weighted by Gasteiger charge is 2.55. The summed E-state index contributed by atoms with van der Waals surface area (Å²) in [6.07, 6.45) is 14.3. The van der Waals surface area contributed by atoms with E-state index in [1.807, 2.05) is 6.08 Å². The molecule has 3 N–H and O–H groups in total. The first kappa shape index (κ1) is 22.0. The van der Waals surface area contributed by atoms with Crippen LogP contribution in [0.1, 0.15) is 58.3 Å². The van der Waals surface area contributed by atoms with E-state index < -0.39 is 23.7 Å². The van der Waals surface area contributed by atoms with Crippen LogP contribution in [0.15, 0.2) is 17.1 Å². The van der Waals surface area contributed by atoms with Gasteiger partial charge in [0.25, 0.3) is 0 Å². The largest absolute Gasteiger partial charge is 0.481 e. The Hall–Kier alpha value is -1.29. The number of hydrogen-bond acceptors (Lipinski definition) is 5. The van der Waals surface area contributed by atoms with E-state index in [0.717, 1.165) is 30.7 Å². The number of hydrogen-bond donors (Lipinski definition) is 3. The molecule has 6 heteroatoms. The maximum absolute atomic E-state index is 10.6. The fourth-order valence-electron chi connectivity index (χ4n) is 4.00. The molecule has 1 fully saturated rings. The molecule has 27 heavy (non-hydrogen) atoms. The Bertz CT molecular complexity index is 612. The molecule has 5 nitrogen and oxygen atoms in total. The van der Waals surface area contributed by atoms with Crippen LogP contribution in [0.25, 0.3) is 0 Å². The van der Waals surface area contributed by atoms with E-state index in [-0.39, 0.29) is 18.3 Å². The molecule has 0 aromatic rings. The minimum atomic E-state index is -0.785. The van der Waals surface area contributed by atoms with Crippen molar-refractivity contribution in [3.8, 4) is 12.3 Å². The Kier molecular flexibility index (Phi) is 8.40. The van der Waals surface area contributed by atoms with Crippen LogP contribution < -0.4 is 0 Å². The Morgan fingerprint density at radius 2 is 2.26 bits per heavy atom. The lowest BCUT2D eigenvalue weighted by Crippen LogP contribution is -2.27. The summed E-state index contributed by atoms with van der Waals surface area (Å²) >= 11 is 1.57. The van der Waals surface area contributed by atoms with Crippen molar-refractivity contribution >= 4 is 22.8 Å². The lowest BCUT2D eigenvalue weighted by molar-refractivity contribution is -0.137. The van der Waals surface area contributed by atoms with E-state index >= 15 is 0 Å². The highest BCUT2D eigenvalue weighted by atomic mass is 32.2. The number of unbranched alkanes of at least 4 members (excludes halogenated alkanes) is 2. The molecule has 150 valence electrons. The Labute approximate surface area is 166 Å². The van der Waals surface area contributed by atoms with Crippen LogP contribution in [-0.4, -0.2) is 49.8 Å². The van der Waals surface area contributed by atoms with Crippen molar-refractivity contribution in [3.05, 3.63) is 12.2 Å². The second-order valence-electron chi connectivity index (χ2n) is 7.53. The van der Waals surface area contributed by atoms with Crippen molar-refractivity contribution in [1.82, 2.24) is 0 Å². The Balaban J connectivity index is 1.95. The normalized spacial score (nSPS) is 30.9. The number of nitrogens with zero attached hydrogens (tertiary/aromatic N) is 1. The topological polar surface area (TPSA) is 90.1 Å². The number of aliphatic hydroxyl groups is 2. The molecular formula is C21H31NO4S. The second kappa shape index (κ2) is 10.3. The van der Waals surface area contributed by atoms with Gasteiger partial charge < -0.3 is 15.3 Å². The predicted molar refractivity (Wildman–Crippen MR) is 110 cm³/mol. The molecule has 0 bridgehead atoms. The molecular weight excluding hydrogens is 362 g/mol. The Morgan fingerprint density at radius 3 is 2.93 bits per heavy atom. The summed E-state index contributed by atoms with van der Waals surface area (Å²) in [5.41, 5.74) is -0.670. The van der Waals surface area contributed by atoms with Crippen LogP contribution in [0.2, 0.25) is 0 Å². The summed E-state index contributed by atoms with van der Waals surface area (Å²) in [6.45, 7) is 2.13. The number of carboxylic acid groups (broad SMARTS) is 1. The molecule has 1 aliphatic heterocycles. The lowest BCUT2D eigenvalue weighted by Gasteiger charge is -2.21. The standard InChI is InChI=1S/C21H31NO4S/c1-3-5-6-8-15(23)10-11-16-17-13-19(27-12-7-9-20(25)26)22-21(17,4-2)14-18(16)24/h2,10-11,15-18,23-24H,3,5-9,12-14H2,1H3,(H,25,26)/b11-10+. The van der Waals surface area contributed by atoms with Gasteiger partial charge in [-0.1, -0.05) is 44.3 Å². The molecule has 5 unspecified atom stereocenters. The van der Waals surface area contributed by atoms with Gasteiger partial charge in [0, 0.05) is 31.1 Å². The summed E-state index contributed by atoms with van der Waals surface area (Å²) < 4.78 is 0. The van der Waals surface area contributed by atoms with Crippen molar-refractivity contribution in [2.45, 2.75) is 76.0 Å². The van der Waals surface area contributed by atoms with Crippen molar-refractivity contribution in [3.63, 3.8) is 0 Å². The van der Waals surface area contributed by atoms with Crippen LogP contribution >= 0.6 is 11.8 Å². The molecule has 0 spiro atoms. The second-order valence-corrected chi connectivity index (χ2v) is 8.70. The summed E-state index contributed by atoms with van der Waals surface area (Å²) in [5, 5.41) is 30.3. The summed E-state index contributed by atoms with van der Waals surface area (Å²) in [7, 11) is 0. The van der Waals surface area contributed by atoms with Crippen LogP contribution in [0.5, 0.6) is 0 Å². The molecule has 1 aliphatic carbocycles. The van der Waals surface area contributed by atoms with Crippen LogP contribution in [0, 0.1) is 24.2 Å². The van der Waals surface area contributed by atoms with Crippen LogP contribution in [0.3, 0.4) is 0 Å². The van der Waals surface area contributed by atoms with Gasteiger partial charge in [-0.05, 0) is 18.6 Å². The maximum atomic E-state index is 10.6. The summed E-state index contributed by atoms with van der Waals surface area (Å²) in [6, 6.07) is 0. The average molecular weight is 394 g/mol. The Morgan fingerprint density at radius 1 is 1.48 bits per heavy atom. The smallest absolute Gasteiger partial charge is 0.303 e. The first-order chi connectivity index (χ1) is 12.9. The SMILES string of the molecule is C#CC12CC(O)C(/C=C/C(O)CCCCC)C1CC(SCCCC(=O)O)=N2. The molecule has 1 saturated carbocycles. The van der Waals surface area contributed by atoms with Crippen LogP contribution in [0.4, 0.5) is 0 Å². The van der Waals surface area contributed by atoms with Crippen molar-refractivity contribution < 1.29 is 20.1 Å². The fourth-order valence-corrected chi connectivity index (χ4v) is 5.05. The molecule has 0 amide bonds. The first-order valence-electron chi connectivity index (χ1n) is 9.87. The number of carboxylic acids is 1. The summed E-state index contributed by atoms with van der Waals surface area (Å²) in [5.74, 6) is 2.67. The molecule has 0 aromatic heterocycles. The highest BCUT2D eigenvalue weighted by molar-refractivity contribution is 8.13. The number of rotatable bonds is 10. The molecule has 2 rings (SSSR count). The number of fused-ring (bicyclic) bond motifs is 1. The van der Waals surface area contributed by atoms with E-state index in [2.05, 4.69) is 12.8 Å². The zero-order chi connectivity index (χ0) is 19.9. The van der Waals surface area contributed by atoms with Gasteiger partial charge in [0.15, 0.2) is 0 Å². The average Bonchev–Trinajstić information content (AvgIpc) is 3.09. The van der Waals surface area contributed by atoms with Gasteiger partial charge in [0.2, 0.25) is 0 Å². The van der Waals surface area contributed by atoms with Crippen molar-refractivity contribution in [1.29, 1.82) is 0 Å². The minimum Gasteiger partial charge on any atom is -0.481 e. The van der Waals surface area contributed by atoms with Gasteiger partial charge in [-0.2, -0.15) is 0 Å². The lowest BCUT2D eigenvalue weighted by atomic mass is 9.83. The molecule has 5 atom stereocenters. The van der Waals surface area contributed by atoms with E-state index in [1.165, 1.54) is 0 Å². The first-order valence-corrected chi connectivity index (χ1v) is 10.9. The van der Waals surface area contributed by atoms with Gasteiger partial charge in [0.1, 0.15) is 5.54 Å². The molecule has 2 aliphatic rings. The maximum Gasteiger partial charge on any atom is 0.303 e. The van der Waals surface area contributed by atoms with Gasteiger partial charge in [-0.15, -0.1) is 18.2 Å². The van der Waals surface area contributed by atoms with Gasteiger partial charge in [-0.25, -0.2) is 0 Å². The molecule has 1 heterocycles. The van der Waals surface area contributed by atoms with Gasteiger partial charge in [-0.3, -0.25) is 9.79 Å². The number of carbonyl (C=O) groups is 1. The van der Waals surface area contributed by atoms with Crippen LogP contribution in [-0.2, 0) is 4.79 Å². The van der Waals surface area contributed by atoms with E-state index in [1.54, 1.807) is 17.8 Å². The quantitative estimate of drug-likeness (QED) is 0.301. The van der Waals surface area contributed by atoms with E-state index in [0.29, 0.717) is 25.0 Å². The van der Waals surface area contributed by atoms with Gasteiger partial charge >= 0.3 is 5.97 Å². The predicted octanol–water partition coefficient (Wildman–Crippen LogP) is 3.25. The third kappa shape index (κ3) is 5.84. The zero-order valence-corrected chi connectivity index (χ0v) is 16.8. The number of aliphatic hydroxyl groups excluding tert-OH is 2. The third-order valence-electron chi connectivity index (χ3n) is 5.47. The third-order valence-corrected chi connectivity index (χ3v) is 6.56. The zero-order valence-electron chi connectivity index (χ0n) is 16.0. The fraction of sp³-hybridized carbons (Fsp3) is 0.714.